The lowest BCUT2D eigenvalue weighted by Gasteiger charge is -2.36. The summed E-state index contributed by atoms with van der Waals surface area (Å²) in [5, 5.41) is 0. The molecule has 0 amide bonds. The highest BCUT2D eigenvalue weighted by molar-refractivity contribution is 5.94. The molecule has 2 aliphatic carbocycles. The van der Waals surface area contributed by atoms with Gasteiger partial charge in [-0.25, -0.2) is 0 Å². The van der Waals surface area contributed by atoms with Crippen LogP contribution in [0.15, 0.2) is 18.2 Å². The molecule has 3 nitrogen and oxygen atoms in total. The predicted molar refractivity (Wildman–Crippen MR) is 81.2 cm³/mol. The van der Waals surface area contributed by atoms with Gasteiger partial charge in [-0.15, -0.1) is 0 Å². The highest BCUT2D eigenvalue weighted by atomic mass is 16.1. The van der Waals surface area contributed by atoms with Gasteiger partial charge in [-0.2, -0.15) is 0 Å². The third-order valence-corrected chi connectivity index (χ3v) is 5.25. The van der Waals surface area contributed by atoms with Gasteiger partial charge >= 0.3 is 0 Å². The van der Waals surface area contributed by atoms with Crippen molar-refractivity contribution in [2.45, 2.75) is 58.3 Å². The summed E-state index contributed by atoms with van der Waals surface area (Å²) in [5.41, 5.74) is 1.38. The Morgan fingerprint density at radius 2 is 2.14 bits per heavy atom. The van der Waals surface area contributed by atoms with Crippen molar-refractivity contribution in [1.29, 1.82) is 0 Å². The topological polar surface area (TPSA) is 47.0 Å². The molecular weight excluding hydrogens is 262 g/mol. The molecule has 0 aromatic carbocycles. The minimum absolute atomic E-state index is 0.0801. The summed E-state index contributed by atoms with van der Waals surface area (Å²) in [4.78, 5) is 28.9. The van der Waals surface area contributed by atoms with Crippen LogP contribution in [0.5, 0.6) is 0 Å². The molecule has 2 fully saturated rings. The number of pyridine rings is 1. The van der Waals surface area contributed by atoms with Gasteiger partial charge < -0.3 is 0 Å². The van der Waals surface area contributed by atoms with E-state index in [1.807, 2.05) is 19.1 Å². The summed E-state index contributed by atoms with van der Waals surface area (Å²) in [6.07, 6.45) is 7.50. The van der Waals surface area contributed by atoms with E-state index in [0.29, 0.717) is 23.8 Å². The first-order valence-electron chi connectivity index (χ1n) is 8.09. The molecule has 1 aromatic heterocycles. The van der Waals surface area contributed by atoms with Crippen molar-refractivity contribution in [2.24, 2.45) is 11.3 Å². The standard InChI is InChI=1S/C18H23NO2/c1-13-5-2-7-15(19-13)16(20)11-14-6-3-9-18(12-14)10-4-8-17(18)21/h2,5,7,14H,3-4,6,8-12H2,1H3/t14-,18+/m1/s1. The zero-order valence-corrected chi connectivity index (χ0v) is 12.7. The summed E-state index contributed by atoms with van der Waals surface area (Å²) in [6.45, 7) is 1.91. The molecule has 1 aromatic rings. The average Bonchev–Trinajstić information content (AvgIpc) is 2.80. The molecule has 2 aliphatic rings. The molecule has 21 heavy (non-hydrogen) atoms. The monoisotopic (exact) mass is 285 g/mol. The molecule has 0 N–H and O–H groups in total. The lowest BCUT2D eigenvalue weighted by atomic mass is 9.67. The van der Waals surface area contributed by atoms with Crippen LogP contribution in [-0.4, -0.2) is 16.6 Å². The van der Waals surface area contributed by atoms with E-state index in [-0.39, 0.29) is 11.2 Å². The second-order valence-corrected chi connectivity index (χ2v) is 6.81. The minimum atomic E-state index is -0.0801. The zero-order valence-electron chi connectivity index (χ0n) is 12.7. The first-order chi connectivity index (χ1) is 10.1. The highest BCUT2D eigenvalue weighted by Crippen LogP contribution is 2.49. The minimum Gasteiger partial charge on any atom is -0.299 e. The summed E-state index contributed by atoms with van der Waals surface area (Å²) in [7, 11) is 0. The molecule has 1 spiro atoms. The van der Waals surface area contributed by atoms with E-state index >= 15 is 0 Å². The molecule has 0 saturated heterocycles. The van der Waals surface area contributed by atoms with Gasteiger partial charge in [0.25, 0.3) is 0 Å². The molecule has 0 unspecified atom stereocenters. The molecule has 2 saturated carbocycles. The van der Waals surface area contributed by atoms with E-state index < -0.39 is 0 Å². The average molecular weight is 285 g/mol. The van der Waals surface area contributed by atoms with Crippen LogP contribution in [0.2, 0.25) is 0 Å². The second-order valence-electron chi connectivity index (χ2n) is 6.81. The van der Waals surface area contributed by atoms with Crippen molar-refractivity contribution >= 4 is 11.6 Å². The zero-order chi connectivity index (χ0) is 14.9. The van der Waals surface area contributed by atoms with Crippen molar-refractivity contribution in [3.05, 3.63) is 29.6 Å². The van der Waals surface area contributed by atoms with Gasteiger partial charge in [0.15, 0.2) is 5.78 Å². The smallest absolute Gasteiger partial charge is 0.181 e. The Morgan fingerprint density at radius 3 is 2.86 bits per heavy atom. The first-order valence-corrected chi connectivity index (χ1v) is 8.09. The molecule has 0 aliphatic heterocycles. The molecule has 0 bridgehead atoms. The number of hydrogen-bond donors (Lipinski definition) is 0. The number of rotatable bonds is 3. The normalized spacial score (nSPS) is 29.0. The van der Waals surface area contributed by atoms with Crippen LogP contribution < -0.4 is 0 Å². The number of carbonyl (C=O) groups excluding carboxylic acids is 2. The third kappa shape index (κ3) is 2.92. The first kappa shape index (κ1) is 14.4. The van der Waals surface area contributed by atoms with Crippen LogP contribution in [0.1, 0.15) is 67.5 Å². The van der Waals surface area contributed by atoms with Crippen molar-refractivity contribution in [3.8, 4) is 0 Å². The fourth-order valence-corrected chi connectivity index (χ4v) is 4.20. The summed E-state index contributed by atoms with van der Waals surface area (Å²) >= 11 is 0. The fraction of sp³-hybridized carbons (Fsp3) is 0.611. The van der Waals surface area contributed by atoms with E-state index in [4.69, 9.17) is 0 Å². The van der Waals surface area contributed by atoms with Crippen LogP contribution in [0.25, 0.3) is 0 Å². The number of aryl methyl sites for hydroxylation is 1. The number of hydrogen-bond acceptors (Lipinski definition) is 3. The van der Waals surface area contributed by atoms with Gasteiger partial charge in [-0.1, -0.05) is 12.5 Å². The number of ketones is 2. The van der Waals surface area contributed by atoms with E-state index in [1.54, 1.807) is 6.07 Å². The summed E-state index contributed by atoms with van der Waals surface area (Å²) < 4.78 is 0. The van der Waals surface area contributed by atoms with Gasteiger partial charge in [-0.05, 0) is 57.1 Å². The van der Waals surface area contributed by atoms with Crippen molar-refractivity contribution in [2.75, 3.05) is 0 Å². The lowest BCUT2D eigenvalue weighted by Crippen LogP contribution is -2.33. The van der Waals surface area contributed by atoms with Gasteiger partial charge in [0, 0.05) is 24.0 Å². The largest absolute Gasteiger partial charge is 0.299 e. The lowest BCUT2D eigenvalue weighted by molar-refractivity contribution is -0.128. The fourth-order valence-electron chi connectivity index (χ4n) is 4.20. The number of aromatic nitrogens is 1. The van der Waals surface area contributed by atoms with E-state index in [9.17, 15) is 9.59 Å². The maximum atomic E-state index is 12.4. The molecule has 1 heterocycles. The van der Waals surface area contributed by atoms with Gasteiger partial charge in [0.05, 0.1) is 0 Å². The van der Waals surface area contributed by atoms with Crippen LogP contribution >= 0.6 is 0 Å². The third-order valence-electron chi connectivity index (χ3n) is 5.25. The highest BCUT2D eigenvalue weighted by Gasteiger charge is 2.45. The molecule has 2 atom stereocenters. The van der Waals surface area contributed by atoms with Gasteiger partial charge in [0.2, 0.25) is 0 Å². The molecule has 0 radical (unpaired) electrons. The van der Waals surface area contributed by atoms with E-state index in [2.05, 4.69) is 4.98 Å². The molecule has 3 heteroatoms. The maximum absolute atomic E-state index is 12.4. The number of Topliss-reactive ketones (excluding diaryl/α,β-unsaturated/α-hetero) is 2. The van der Waals surface area contributed by atoms with E-state index in [1.165, 1.54) is 0 Å². The Labute approximate surface area is 126 Å². The Morgan fingerprint density at radius 1 is 1.33 bits per heavy atom. The van der Waals surface area contributed by atoms with Crippen molar-refractivity contribution < 1.29 is 9.59 Å². The Hall–Kier alpha value is -1.51. The molecular formula is C18H23NO2. The quantitative estimate of drug-likeness (QED) is 0.791. The van der Waals surface area contributed by atoms with Crippen LogP contribution in [0.4, 0.5) is 0 Å². The van der Waals surface area contributed by atoms with Gasteiger partial charge in [-0.3, -0.25) is 14.6 Å². The Kier molecular flexibility index (Phi) is 3.92. The van der Waals surface area contributed by atoms with Gasteiger partial charge in [0.1, 0.15) is 11.5 Å². The number of carbonyl (C=O) groups is 2. The summed E-state index contributed by atoms with van der Waals surface area (Å²) in [6, 6.07) is 5.59. The SMILES string of the molecule is Cc1cccc(C(=O)C[C@H]2CCC[C@]3(CCCC3=O)C2)n1. The molecule has 112 valence electrons. The van der Waals surface area contributed by atoms with Crippen LogP contribution in [0, 0.1) is 18.3 Å². The Bertz CT molecular complexity index is 566. The van der Waals surface area contributed by atoms with E-state index in [0.717, 1.165) is 50.6 Å². The van der Waals surface area contributed by atoms with Crippen LogP contribution in [-0.2, 0) is 4.79 Å². The van der Waals surface area contributed by atoms with Crippen molar-refractivity contribution in [3.63, 3.8) is 0 Å². The number of nitrogens with zero attached hydrogens (tertiary/aromatic N) is 1. The van der Waals surface area contributed by atoms with Crippen molar-refractivity contribution in [1.82, 2.24) is 4.98 Å². The second kappa shape index (κ2) is 5.70. The maximum Gasteiger partial charge on any atom is 0.181 e. The Balaban J connectivity index is 1.67. The summed E-state index contributed by atoms with van der Waals surface area (Å²) in [5.74, 6) is 0.940. The predicted octanol–water partition coefficient (Wildman–Crippen LogP) is 3.89. The van der Waals surface area contributed by atoms with Crippen LogP contribution in [0.3, 0.4) is 0 Å². The molecule has 3 rings (SSSR count).